The van der Waals surface area contributed by atoms with Crippen LogP contribution < -0.4 is 0 Å². The van der Waals surface area contributed by atoms with Gasteiger partial charge >= 0.3 is 6.18 Å². The van der Waals surface area contributed by atoms with Gasteiger partial charge in [0.2, 0.25) is 0 Å². The number of alkyl halides is 3. The van der Waals surface area contributed by atoms with E-state index >= 15 is 0 Å². The molecule has 1 saturated carbocycles. The van der Waals surface area contributed by atoms with Crippen LogP contribution in [-0.2, 0) is 0 Å². The Balaban J connectivity index is 3.15. The predicted octanol–water partition coefficient (Wildman–Crippen LogP) is 5.80. The molecule has 0 amide bonds. The first-order valence-electron chi connectivity index (χ1n) is 7.62. The van der Waals surface area contributed by atoms with Gasteiger partial charge in [0.15, 0.2) is 0 Å². The SMILES string of the molecule is CC(C)[Si](C#CC(C1CC1)C(F)(F)F)(C(C)C)C(C)C. The molecular weight excluding hydrogens is 277 g/mol. The first-order chi connectivity index (χ1) is 9.03. The monoisotopic (exact) mass is 304 g/mol. The zero-order valence-electron chi connectivity index (χ0n) is 13.4. The van der Waals surface area contributed by atoms with Crippen LogP contribution in [0.15, 0.2) is 0 Å². The van der Waals surface area contributed by atoms with Crippen molar-refractivity contribution in [2.24, 2.45) is 11.8 Å². The van der Waals surface area contributed by atoms with Crippen LogP contribution in [0.3, 0.4) is 0 Å². The van der Waals surface area contributed by atoms with Gasteiger partial charge in [0, 0.05) is 0 Å². The maximum absolute atomic E-state index is 13.1. The molecule has 0 bridgehead atoms. The molecule has 20 heavy (non-hydrogen) atoms. The van der Waals surface area contributed by atoms with Crippen molar-refractivity contribution in [3.05, 3.63) is 0 Å². The Morgan fingerprint density at radius 3 is 1.55 bits per heavy atom. The van der Waals surface area contributed by atoms with Gasteiger partial charge in [0.25, 0.3) is 0 Å². The average Bonchev–Trinajstić information content (AvgIpc) is 3.04. The van der Waals surface area contributed by atoms with Gasteiger partial charge in [0.1, 0.15) is 14.0 Å². The molecule has 0 spiro atoms. The molecule has 0 nitrogen and oxygen atoms in total. The average molecular weight is 304 g/mol. The van der Waals surface area contributed by atoms with Gasteiger partial charge in [-0.05, 0) is 35.4 Å². The highest BCUT2D eigenvalue weighted by molar-refractivity contribution is 6.90. The summed E-state index contributed by atoms with van der Waals surface area (Å²) >= 11 is 0. The Bertz CT molecular complexity index is 359. The minimum atomic E-state index is -4.17. The molecule has 0 radical (unpaired) electrons. The lowest BCUT2D eigenvalue weighted by molar-refractivity contribution is -0.163. The van der Waals surface area contributed by atoms with Gasteiger partial charge < -0.3 is 0 Å². The number of hydrogen-bond acceptors (Lipinski definition) is 0. The van der Waals surface area contributed by atoms with E-state index in [0.29, 0.717) is 29.5 Å². The van der Waals surface area contributed by atoms with Gasteiger partial charge in [-0.2, -0.15) is 13.2 Å². The summed E-state index contributed by atoms with van der Waals surface area (Å²) in [6.07, 6.45) is -2.81. The normalized spacial score (nSPS) is 18.4. The first-order valence-corrected chi connectivity index (χ1v) is 9.86. The van der Waals surface area contributed by atoms with Crippen LogP contribution in [-0.4, -0.2) is 14.3 Å². The maximum atomic E-state index is 13.1. The Morgan fingerprint density at radius 1 is 0.900 bits per heavy atom. The minimum absolute atomic E-state index is 0.249. The molecule has 1 unspecified atom stereocenters. The molecule has 1 rings (SSSR count). The fourth-order valence-corrected chi connectivity index (χ4v) is 8.80. The van der Waals surface area contributed by atoms with Crippen LogP contribution in [0.5, 0.6) is 0 Å². The van der Waals surface area contributed by atoms with E-state index in [1.165, 1.54) is 0 Å². The molecule has 0 N–H and O–H groups in total. The zero-order chi connectivity index (χ0) is 15.7. The predicted molar refractivity (Wildman–Crippen MR) is 81.1 cm³/mol. The summed E-state index contributed by atoms with van der Waals surface area (Å²) in [5.74, 6) is 1.05. The fourth-order valence-electron chi connectivity index (χ4n) is 3.53. The second-order valence-corrected chi connectivity index (χ2v) is 12.6. The molecular formula is C16H27F3Si. The zero-order valence-corrected chi connectivity index (χ0v) is 14.4. The molecule has 0 aromatic carbocycles. The molecule has 1 aliphatic rings. The highest BCUT2D eigenvalue weighted by Gasteiger charge is 2.49. The van der Waals surface area contributed by atoms with Crippen molar-refractivity contribution in [2.45, 2.75) is 77.2 Å². The lowest BCUT2D eigenvalue weighted by atomic mass is 10.1. The Morgan fingerprint density at radius 2 is 1.30 bits per heavy atom. The van der Waals surface area contributed by atoms with Crippen LogP contribution in [0.2, 0.25) is 16.6 Å². The highest BCUT2D eigenvalue weighted by Crippen LogP contribution is 2.46. The highest BCUT2D eigenvalue weighted by atomic mass is 28.3. The summed E-state index contributed by atoms with van der Waals surface area (Å²) in [6, 6.07) is 0. The lowest BCUT2D eigenvalue weighted by Gasteiger charge is -2.38. The van der Waals surface area contributed by atoms with Gasteiger partial charge in [0.05, 0.1) is 0 Å². The van der Waals surface area contributed by atoms with Crippen LogP contribution in [0.4, 0.5) is 13.2 Å². The molecule has 0 aliphatic heterocycles. The number of rotatable bonds is 4. The molecule has 1 aliphatic carbocycles. The topological polar surface area (TPSA) is 0 Å². The van der Waals surface area contributed by atoms with Crippen molar-refractivity contribution in [2.75, 3.05) is 0 Å². The van der Waals surface area contributed by atoms with Crippen LogP contribution in [0.1, 0.15) is 54.4 Å². The van der Waals surface area contributed by atoms with Crippen LogP contribution in [0.25, 0.3) is 0 Å². The van der Waals surface area contributed by atoms with Crippen molar-refractivity contribution in [1.29, 1.82) is 0 Å². The second kappa shape index (κ2) is 6.13. The summed E-state index contributed by atoms with van der Waals surface area (Å²) in [5.41, 5.74) is 4.36. The fraction of sp³-hybridized carbons (Fsp3) is 0.875. The van der Waals surface area contributed by atoms with Crippen molar-refractivity contribution in [1.82, 2.24) is 0 Å². The first kappa shape index (κ1) is 17.6. The van der Waals surface area contributed by atoms with Crippen LogP contribution in [0, 0.1) is 23.3 Å². The molecule has 0 heterocycles. The summed E-state index contributed by atoms with van der Waals surface area (Å²) < 4.78 is 39.3. The van der Waals surface area contributed by atoms with E-state index in [9.17, 15) is 13.2 Å². The van der Waals surface area contributed by atoms with E-state index in [1.807, 2.05) is 0 Å². The number of halogens is 3. The van der Waals surface area contributed by atoms with E-state index in [-0.39, 0.29) is 5.92 Å². The molecule has 0 aromatic heterocycles. The molecule has 116 valence electrons. The quantitative estimate of drug-likeness (QED) is 0.455. The van der Waals surface area contributed by atoms with E-state index < -0.39 is 20.2 Å². The third-order valence-electron chi connectivity index (χ3n) is 4.76. The molecule has 4 heteroatoms. The van der Waals surface area contributed by atoms with Gasteiger partial charge in [-0.15, -0.1) is 5.54 Å². The lowest BCUT2D eigenvalue weighted by Crippen LogP contribution is -2.43. The minimum Gasteiger partial charge on any atom is -0.170 e. The summed E-state index contributed by atoms with van der Waals surface area (Å²) in [7, 11) is -2.05. The summed E-state index contributed by atoms with van der Waals surface area (Å²) in [5, 5.41) is 0. The largest absolute Gasteiger partial charge is 0.402 e. The molecule has 0 aromatic rings. The van der Waals surface area contributed by atoms with Crippen molar-refractivity contribution < 1.29 is 13.2 Å². The molecule has 1 fully saturated rings. The van der Waals surface area contributed by atoms with Crippen molar-refractivity contribution in [3.8, 4) is 11.5 Å². The van der Waals surface area contributed by atoms with Crippen molar-refractivity contribution >= 4 is 8.07 Å². The summed E-state index contributed by atoms with van der Waals surface area (Å²) in [6.45, 7) is 12.8. The standard InChI is InChI=1S/C16H27F3Si/c1-11(2)20(12(3)4,13(5)6)10-9-15(14-7-8-14)16(17,18)19/h11-15H,7-8H2,1-6H3. The maximum Gasteiger partial charge on any atom is 0.402 e. The third kappa shape index (κ3) is 3.61. The van der Waals surface area contributed by atoms with Gasteiger partial charge in [-0.1, -0.05) is 47.5 Å². The van der Waals surface area contributed by atoms with E-state index in [2.05, 4.69) is 53.0 Å². The summed E-state index contributed by atoms with van der Waals surface area (Å²) in [4.78, 5) is 0. The van der Waals surface area contributed by atoms with Gasteiger partial charge in [-0.3, -0.25) is 0 Å². The molecule has 1 atom stereocenters. The Kier molecular flexibility index (Phi) is 5.40. The smallest absolute Gasteiger partial charge is 0.170 e. The van der Waals surface area contributed by atoms with Crippen molar-refractivity contribution in [3.63, 3.8) is 0 Å². The Hall–Kier alpha value is -0.433. The van der Waals surface area contributed by atoms with Gasteiger partial charge in [-0.25, -0.2) is 0 Å². The number of hydrogen-bond donors (Lipinski definition) is 0. The van der Waals surface area contributed by atoms with E-state index in [0.717, 1.165) is 0 Å². The molecule has 0 saturated heterocycles. The van der Waals surface area contributed by atoms with Crippen LogP contribution >= 0.6 is 0 Å². The van der Waals surface area contributed by atoms with E-state index in [4.69, 9.17) is 0 Å². The third-order valence-corrected chi connectivity index (χ3v) is 11.1. The van der Waals surface area contributed by atoms with E-state index in [1.54, 1.807) is 0 Å². The second-order valence-electron chi connectivity index (χ2n) is 7.02. The Labute approximate surface area is 122 Å².